The van der Waals surface area contributed by atoms with Crippen LogP contribution >= 0.6 is 23.1 Å². The van der Waals surface area contributed by atoms with Crippen LogP contribution in [0.5, 0.6) is 0 Å². The molecule has 1 amide bonds. The third-order valence-electron chi connectivity index (χ3n) is 4.27. The van der Waals surface area contributed by atoms with Gasteiger partial charge in [0.1, 0.15) is 10.6 Å². The van der Waals surface area contributed by atoms with Gasteiger partial charge in [-0.2, -0.15) is 0 Å². The molecule has 5 nitrogen and oxygen atoms in total. The van der Waals surface area contributed by atoms with E-state index in [0.717, 1.165) is 30.4 Å². The van der Waals surface area contributed by atoms with Gasteiger partial charge in [0.15, 0.2) is 5.16 Å². The Morgan fingerprint density at radius 1 is 1.25 bits per heavy atom. The third-order valence-corrected chi connectivity index (χ3v) is 6.02. The van der Waals surface area contributed by atoms with E-state index in [-0.39, 0.29) is 23.0 Å². The van der Waals surface area contributed by atoms with Crippen molar-refractivity contribution >= 4 is 39.2 Å². The zero-order valence-corrected chi connectivity index (χ0v) is 17.2. The molecule has 28 heavy (non-hydrogen) atoms. The van der Waals surface area contributed by atoms with Crippen LogP contribution in [0.25, 0.3) is 21.3 Å². The van der Waals surface area contributed by atoms with Crippen LogP contribution in [-0.2, 0) is 4.79 Å². The maximum absolute atomic E-state index is 13.1. The van der Waals surface area contributed by atoms with E-state index in [9.17, 15) is 14.0 Å². The first kappa shape index (κ1) is 20.5. The van der Waals surface area contributed by atoms with Crippen molar-refractivity contribution in [2.75, 3.05) is 12.3 Å². The van der Waals surface area contributed by atoms with E-state index >= 15 is 0 Å². The Bertz CT molecular complexity index is 999. The second-order valence-corrected chi connectivity index (χ2v) is 8.23. The molecule has 3 aromatic rings. The number of halogens is 1. The van der Waals surface area contributed by atoms with E-state index in [4.69, 9.17) is 0 Å². The molecule has 0 saturated carbocycles. The van der Waals surface area contributed by atoms with E-state index in [0.29, 0.717) is 21.9 Å². The fourth-order valence-corrected chi connectivity index (χ4v) is 4.50. The molecule has 0 aliphatic carbocycles. The number of carbonyl (C=O) groups is 1. The molecule has 0 radical (unpaired) electrons. The minimum absolute atomic E-state index is 0.0672. The van der Waals surface area contributed by atoms with Crippen LogP contribution in [0.15, 0.2) is 39.6 Å². The van der Waals surface area contributed by atoms with Crippen LogP contribution in [0.3, 0.4) is 0 Å². The molecule has 8 heteroatoms. The highest BCUT2D eigenvalue weighted by Gasteiger charge is 2.14. The molecule has 0 bridgehead atoms. The van der Waals surface area contributed by atoms with Gasteiger partial charge in [-0.3, -0.25) is 9.59 Å². The minimum Gasteiger partial charge on any atom is -0.355 e. The Labute approximate surface area is 170 Å². The van der Waals surface area contributed by atoms with Crippen LogP contribution in [0, 0.1) is 5.82 Å². The van der Waals surface area contributed by atoms with E-state index in [1.165, 1.54) is 41.7 Å². The highest BCUT2D eigenvalue weighted by Crippen LogP contribution is 2.31. The Kier molecular flexibility index (Phi) is 7.22. The van der Waals surface area contributed by atoms with E-state index in [1.54, 1.807) is 12.1 Å². The fraction of sp³-hybridized carbons (Fsp3) is 0.350. The summed E-state index contributed by atoms with van der Waals surface area (Å²) < 4.78 is 13.1. The lowest BCUT2D eigenvalue weighted by atomic mass is 10.1. The van der Waals surface area contributed by atoms with Crippen LogP contribution in [-0.4, -0.2) is 28.2 Å². The summed E-state index contributed by atoms with van der Waals surface area (Å²) in [6.45, 7) is 2.82. The molecule has 0 aliphatic heterocycles. The zero-order valence-electron chi connectivity index (χ0n) is 15.6. The lowest BCUT2D eigenvalue weighted by molar-refractivity contribution is -0.118. The summed E-state index contributed by atoms with van der Waals surface area (Å²) in [6.07, 6.45) is 4.43. The number of aromatic nitrogens is 2. The first-order chi connectivity index (χ1) is 13.6. The van der Waals surface area contributed by atoms with Crippen molar-refractivity contribution in [3.8, 4) is 11.1 Å². The number of thiophene rings is 1. The lowest BCUT2D eigenvalue weighted by Gasteiger charge is -2.05. The summed E-state index contributed by atoms with van der Waals surface area (Å²) in [5, 5.41) is 5.64. The number of H-pyrrole nitrogens is 1. The monoisotopic (exact) mass is 419 g/mol. The number of hydrogen-bond acceptors (Lipinski definition) is 5. The Balaban J connectivity index is 1.65. The van der Waals surface area contributed by atoms with Crippen molar-refractivity contribution in [3.63, 3.8) is 0 Å². The van der Waals surface area contributed by atoms with Crippen LogP contribution < -0.4 is 10.9 Å². The maximum Gasteiger partial charge on any atom is 0.260 e. The third kappa shape index (κ3) is 5.20. The van der Waals surface area contributed by atoms with Gasteiger partial charge in [-0.25, -0.2) is 9.37 Å². The number of fused-ring (bicyclic) bond motifs is 1. The van der Waals surface area contributed by atoms with Gasteiger partial charge >= 0.3 is 0 Å². The molecule has 1 aromatic carbocycles. The van der Waals surface area contributed by atoms with E-state index in [1.807, 2.05) is 5.38 Å². The van der Waals surface area contributed by atoms with Crippen molar-refractivity contribution in [2.24, 2.45) is 0 Å². The maximum atomic E-state index is 13.1. The van der Waals surface area contributed by atoms with Crippen LogP contribution in [0.1, 0.15) is 32.6 Å². The zero-order chi connectivity index (χ0) is 19.9. The van der Waals surface area contributed by atoms with E-state index < -0.39 is 0 Å². The van der Waals surface area contributed by atoms with Gasteiger partial charge in [-0.05, 0) is 24.1 Å². The highest BCUT2D eigenvalue weighted by atomic mass is 32.2. The summed E-state index contributed by atoms with van der Waals surface area (Å²) in [6, 6.07) is 6.02. The van der Waals surface area contributed by atoms with Crippen molar-refractivity contribution < 1.29 is 9.18 Å². The number of rotatable bonds is 9. The van der Waals surface area contributed by atoms with Gasteiger partial charge in [-0.15, -0.1) is 11.3 Å². The van der Waals surface area contributed by atoms with Crippen molar-refractivity contribution in [1.29, 1.82) is 0 Å². The van der Waals surface area contributed by atoms with Gasteiger partial charge < -0.3 is 10.3 Å². The first-order valence-electron chi connectivity index (χ1n) is 9.25. The molecule has 2 aromatic heterocycles. The van der Waals surface area contributed by atoms with Gasteiger partial charge in [-0.1, -0.05) is 50.1 Å². The van der Waals surface area contributed by atoms with E-state index in [2.05, 4.69) is 22.2 Å². The van der Waals surface area contributed by atoms with Crippen LogP contribution in [0.4, 0.5) is 4.39 Å². The molecule has 0 atom stereocenters. The molecule has 0 aliphatic rings. The lowest BCUT2D eigenvalue weighted by Crippen LogP contribution is -2.26. The number of nitrogens with one attached hydrogen (secondary N) is 2. The number of unbranched alkanes of at least 4 members (excludes halogenated alkanes) is 3. The fourth-order valence-electron chi connectivity index (χ4n) is 2.80. The quantitative estimate of drug-likeness (QED) is 0.302. The summed E-state index contributed by atoms with van der Waals surface area (Å²) in [5.41, 5.74) is 1.24. The predicted octanol–water partition coefficient (Wildman–Crippen LogP) is 4.58. The Morgan fingerprint density at radius 2 is 2.04 bits per heavy atom. The summed E-state index contributed by atoms with van der Waals surface area (Å²) >= 11 is 2.57. The van der Waals surface area contributed by atoms with Gasteiger partial charge in [0, 0.05) is 17.5 Å². The SMILES string of the molecule is CCCCCCNC(=O)CSc1nc2scc(-c3ccc(F)cc3)c2c(=O)[nH]1. The number of amides is 1. The smallest absolute Gasteiger partial charge is 0.260 e. The second kappa shape index (κ2) is 9.84. The number of nitrogens with zero attached hydrogens (tertiary/aromatic N) is 1. The molecule has 2 N–H and O–H groups in total. The second-order valence-electron chi connectivity index (χ2n) is 6.41. The number of hydrogen-bond donors (Lipinski definition) is 2. The summed E-state index contributed by atoms with van der Waals surface area (Å²) in [5.74, 6) is -0.182. The number of carbonyl (C=O) groups excluding carboxylic acids is 1. The van der Waals surface area contributed by atoms with Gasteiger partial charge in [0.25, 0.3) is 5.56 Å². The molecule has 0 saturated heterocycles. The molecule has 3 rings (SSSR count). The highest BCUT2D eigenvalue weighted by molar-refractivity contribution is 7.99. The molecule has 148 valence electrons. The molecular weight excluding hydrogens is 397 g/mol. The minimum atomic E-state index is -0.322. The Morgan fingerprint density at radius 3 is 2.79 bits per heavy atom. The number of benzene rings is 1. The Hall–Kier alpha value is -2.19. The summed E-state index contributed by atoms with van der Waals surface area (Å²) in [7, 11) is 0. The van der Waals surface area contributed by atoms with Crippen molar-refractivity contribution in [3.05, 3.63) is 45.8 Å². The topological polar surface area (TPSA) is 74.8 Å². The largest absolute Gasteiger partial charge is 0.355 e. The molecule has 2 heterocycles. The van der Waals surface area contributed by atoms with Crippen molar-refractivity contribution in [1.82, 2.24) is 15.3 Å². The first-order valence-corrected chi connectivity index (χ1v) is 11.1. The number of thioether (sulfide) groups is 1. The average Bonchev–Trinajstić information content (AvgIpc) is 3.11. The van der Waals surface area contributed by atoms with Crippen LogP contribution in [0.2, 0.25) is 0 Å². The predicted molar refractivity (Wildman–Crippen MR) is 114 cm³/mol. The normalized spacial score (nSPS) is 11.1. The summed E-state index contributed by atoms with van der Waals surface area (Å²) in [4.78, 5) is 32.3. The molecular formula is C20H22FN3O2S2. The standard InChI is InChI=1S/C20H22FN3O2S2/c1-2-3-4-5-10-22-16(25)12-28-20-23-18(26)17-15(11-27-19(17)24-20)13-6-8-14(21)9-7-13/h6-9,11H,2-5,10,12H2,1H3,(H,22,25)(H,23,24,26). The average molecular weight is 420 g/mol. The number of aromatic amines is 1. The molecule has 0 fully saturated rings. The van der Waals surface area contributed by atoms with Crippen molar-refractivity contribution in [2.45, 2.75) is 37.8 Å². The molecule has 0 spiro atoms. The van der Waals surface area contributed by atoms with Gasteiger partial charge in [0.05, 0.1) is 11.1 Å². The van der Waals surface area contributed by atoms with Gasteiger partial charge in [0.2, 0.25) is 5.91 Å². The molecule has 0 unspecified atom stereocenters.